The van der Waals surface area contributed by atoms with Crippen molar-refractivity contribution in [3.05, 3.63) is 23.9 Å². The number of carbonyl (C=O) groups excluding carboxylic acids is 1. The van der Waals surface area contributed by atoms with Crippen LogP contribution in [0.3, 0.4) is 0 Å². The van der Waals surface area contributed by atoms with E-state index in [-0.39, 0.29) is 5.71 Å². The lowest BCUT2D eigenvalue weighted by Crippen LogP contribution is -2.07. The van der Waals surface area contributed by atoms with Crippen LogP contribution in [0.4, 0.5) is 5.82 Å². The van der Waals surface area contributed by atoms with Gasteiger partial charge >= 0.3 is 0 Å². The molecule has 74 valence electrons. The van der Waals surface area contributed by atoms with E-state index in [0.717, 1.165) is 0 Å². The number of carbonyl (C=O) groups is 1. The van der Waals surface area contributed by atoms with Crippen molar-refractivity contribution in [3.63, 3.8) is 0 Å². The first-order valence-corrected chi connectivity index (χ1v) is 4.16. The monoisotopic (exact) mass is 193 g/mol. The smallest absolute Gasteiger partial charge is 0.174 e. The second-order valence-electron chi connectivity index (χ2n) is 2.46. The third kappa shape index (κ3) is 2.55. The van der Waals surface area contributed by atoms with Gasteiger partial charge in [0.05, 0.1) is 5.69 Å². The zero-order valence-corrected chi connectivity index (χ0v) is 7.80. The van der Waals surface area contributed by atoms with Gasteiger partial charge in [-0.1, -0.05) is 11.2 Å². The first kappa shape index (κ1) is 10.2. The lowest BCUT2D eigenvalue weighted by atomic mass is 10.2. The van der Waals surface area contributed by atoms with E-state index in [9.17, 15) is 4.79 Å². The van der Waals surface area contributed by atoms with Gasteiger partial charge in [-0.3, -0.25) is 4.79 Å². The molecule has 14 heavy (non-hydrogen) atoms. The highest BCUT2D eigenvalue weighted by molar-refractivity contribution is 6.35. The van der Waals surface area contributed by atoms with Gasteiger partial charge in [0.15, 0.2) is 12.0 Å². The molecule has 1 aromatic heterocycles. The Kier molecular flexibility index (Phi) is 3.60. The number of nitrogen functional groups attached to an aromatic ring is 1. The predicted molar refractivity (Wildman–Crippen MR) is 52.9 cm³/mol. The van der Waals surface area contributed by atoms with E-state index in [1.807, 2.05) is 0 Å². The Morgan fingerprint density at radius 1 is 1.71 bits per heavy atom. The van der Waals surface area contributed by atoms with Crippen molar-refractivity contribution in [2.45, 2.75) is 6.92 Å². The predicted octanol–water partition coefficient (Wildman–Crippen LogP) is 0.603. The van der Waals surface area contributed by atoms with Crippen molar-refractivity contribution < 1.29 is 9.63 Å². The highest BCUT2D eigenvalue weighted by atomic mass is 16.6. The number of rotatable bonds is 4. The first-order valence-electron chi connectivity index (χ1n) is 4.16. The van der Waals surface area contributed by atoms with Gasteiger partial charge in [0.2, 0.25) is 0 Å². The largest absolute Gasteiger partial charge is 0.395 e. The van der Waals surface area contributed by atoms with Gasteiger partial charge in [0, 0.05) is 0 Å². The maximum Gasteiger partial charge on any atom is 0.174 e. The minimum Gasteiger partial charge on any atom is -0.395 e. The molecule has 5 nitrogen and oxygen atoms in total. The Balaban J connectivity index is 2.94. The number of hydrogen-bond acceptors (Lipinski definition) is 5. The van der Waals surface area contributed by atoms with Crippen molar-refractivity contribution in [1.29, 1.82) is 0 Å². The number of nitrogens with two attached hydrogens (primary N) is 1. The molecule has 1 heterocycles. The van der Waals surface area contributed by atoms with Crippen molar-refractivity contribution in [2.75, 3.05) is 12.3 Å². The maximum absolute atomic E-state index is 10.6. The van der Waals surface area contributed by atoms with Gasteiger partial charge in [0.25, 0.3) is 0 Å². The van der Waals surface area contributed by atoms with Crippen molar-refractivity contribution in [3.8, 4) is 0 Å². The van der Waals surface area contributed by atoms with E-state index in [1.165, 1.54) is 0 Å². The summed E-state index contributed by atoms with van der Waals surface area (Å²) in [6, 6.07) is 4.97. The molecule has 0 amide bonds. The molecule has 0 saturated heterocycles. The summed E-state index contributed by atoms with van der Waals surface area (Å²) in [5.41, 5.74) is 6.01. The van der Waals surface area contributed by atoms with Crippen LogP contribution in [0.5, 0.6) is 0 Å². The average Bonchev–Trinajstić information content (AvgIpc) is 2.19. The summed E-state index contributed by atoms with van der Waals surface area (Å²) in [6.45, 7) is 2.18. The number of pyridine rings is 1. The third-order valence-corrected chi connectivity index (χ3v) is 1.44. The molecule has 2 N–H and O–H groups in total. The molecule has 0 unspecified atom stereocenters. The summed E-state index contributed by atoms with van der Waals surface area (Å²) in [7, 11) is 0. The van der Waals surface area contributed by atoms with E-state index < -0.39 is 0 Å². The molecule has 0 aliphatic carbocycles. The van der Waals surface area contributed by atoms with Crippen LogP contribution in [-0.4, -0.2) is 23.6 Å². The van der Waals surface area contributed by atoms with Crippen LogP contribution in [0.1, 0.15) is 12.6 Å². The fourth-order valence-corrected chi connectivity index (χ4v) is 0.857. The molecule has 0 aliphatic rings. The van der Waals surface area contributed by atoms with Gasteiger partial charge in [-0.2, -0.15) is 0 Å². The van der Waals surface area contributed by atoms with Crippen molar-refractivity contribution in [1.82, 2.24) is 4.98 Å². The van der Waals surface area contributed by atoms with Crippen LogP contribution in [0.15, 0.2) is 23.4 Å². The molecule has 0 fully saturated rings. The minimum atomic E-state index is 0.138. The molecule has 0 bridgehead atoms. The average molecular weight is 193 g/mol. The summed E-state index contributed by atoms with van der Waals surface area (Å²) >= 11 is 0. The van der Waals surface area contributed by atoms with E-state index in [4.69, 9.17) is 10.6 Å². The Morgan fingerprint density at radius 3 is 3.07 bits per heavy atom. The summed E-state index contributed by atoms with van der Waals surface area (Å²) in [5.74, 6) is 0.341. The molecule has 0 aliphatic heterocycles. The number of aldehydes is 1. The van der Waals surface area contributed by atoms with Gasteiger partial charge in [0.1, 0.15) is 12.4 Å². The van der Waals surface area contributed by atoms with E-state index >= 15 is 0 Å². The highest BCUT2D eigenvalue weighted by Gasteiger charge is 2.04. The van der Waals surface area contributed by atoms with E-state index in [1.54, 1.807) is 25.1 Å². The molecule has 0 aromatic carbocycles. The lowest BCUT2D eigenvalue weighted by molar-refractivity contribution is -0.102. The fraction of sp³-hybridized carbons (Fsp3) is 0.222. The van der Waals surface area contributed by atoms with Crippen LogP contribution in [-0.2, 0) is 9.63 Å². The van der Waals surface area contributed by atoms with Gasteiger partial charge in [-0.25, -0.2) is 4.98 Å². The zero-order chi connectivity index (χ0) is 10.4. The van der Waals surface area contributed by atoms with Gasteiger partial charge in [-0.15, -0.1) is 0 Å². The minimum absolute atomic E-state index is 0.138. The summed E-state index contributed by atoms with van der Waals surface area (Å²) in [5, 5.41) is 3.60. The normalized spacial score (nSPS) is 11.1. The summed E-state index contributed by atoms with van der Waals surface area (Å²) in [6.07, 6.45) is 0.581. The topological polar surface area (TPSA) is 77.6 Å². The number of nitrogens with zero attached hydrogens (tertiary/aromatic N) is 2. The molecular weight excluding hydrogens is 182 g/mol. The van der Waals surface area contributed by atoms with Crippen LogP contribution in [0, 0.1) is 0 Å². The first-order chi connectivity index (χ1) is 6.77. The molecule has 5 heteroatoms. The fourth-order valence-electron chi connectivity index (χ4n) is 0.857. The van der Waals surface area contributed by atoms with Crippen LogP contribution in [0.25, 0.3) is 0 Å². The Morgan fingerprint density at radius 2 is 2.50 bits per heavy atom. The Labute approximate surface area is 81.6 Å². The summed E-state index contributed by atoms with van der Waals surface area (Å²) in [4.78, 5) is 19.3. The van der Waals surface area contributed by atoms with Crippen LogP contribution < -0.4 is 5.73 Å². The molecule has 0 spiro atoms. The Bertz CT molecular complexity index is 350. The molecule has 1 aromatic rings. The molecule has 0 atom stereocenters. The number of oxime groups is 1. The zero-order valence-electron chi connectivity index (χ0n) is 7.80. The molecular formula is C9H11N3O2. The SMILES string of the molecule is CCON=C(C=O)c1cccc(N)n1. The lowest BCUT2D eigenvalue weighted by Gasteiger charge is -1.99. The number of aromatic nitrogens is 1. The second kappa shape index (κ2) is 4.96. The highest BCUT2D eigenvalue weighted by Crippen LogP contribution is 2.01. The number of anilines is 1. The van der Waals surface area contributed by atoms with Crippen LogP contribution in [0.2, 0.25) is 0 Å². The molecule has 1 rings (SSSR count). The van der Waals surface area contributed by atoms with E-state index in [0.29, 0.717) is 24.4 Å². The van der Waals surface area contributed by atoms with E-state index in [2.05, 4.69) is 10.1 Å². The molecule has 0 saturated carbocycles. The maximum atomic E-state index is 10.6. The Hall–Kier alpha value is -1.91. The standard InChI is InChI=1S/C9H11N3O2/c1-2-14-12-8(6-13)7-4-3-5-9(10)11-7/h3-6H,2H2,1H3,(H2,10,11). The second-order valence-corrected chi connectivity index (χ2v) is 2.46. The quantitative estimate of drug-likeness (QED) is 0.431. The van der Waals surface area contributed by atoms with Gasteiger partial charge < -0.3 is 10.6 Å². The van der Waals surface area contributed by atoms with Crippen molar-refractivity contribution >= 4 is 17.8 Å². The van der Waals surface area contributed by atoms with Gasteiger partial charge in [-0.05, 0) is 19.1 Å². The van der Waals surface area contributed by atoms with Crippen molar-refractivity contribution in [2.24, 2.45) is 5.16 Å². The number of hydrogen-bond donors (Lipinski definition) is 1. The molecule has 0 radical (unpaired) electrons. The van der Waals surface area contributed by atoms with Crippen LogP contribution >= 0.6 is 0 Å². The summed E-state index contributed by atoms with van der Waals surface area (Å²) < 4.78 is 0. The third-order valence-electron chi connectivity index (χ3n) is 1.44.